The van der Waals surface area contributed by atoms with Gasteiger partial charge in [-0.25, -0.2) is 4.39 Å². The predicted octanol–water partition coefficient (Wildman–Crippen LogP) is 4.88. The van der Waals surface area contributed by atoms with Crippen LogP contribution in [0, 0.1) is 5.82 Å². The molecule has 0 bridgehead atoms. The van der Waals surface area contributed by atoms with Gasteiger partial charge in [0.05, 0.1) is 23.9 Å². The second-order valence-electron chi connectivity index (χ2n) is 8.15. The Morgan fingerprint density at radius 3 is 2.67 bits per heavy atom. The number of piperidine rings is 1. The number of methoxy groups -OCH3 is 1. The molecule has 4 aromatic rings. The van der Waals surface area contributed by atoms with E-state index in [-0.39, 0.29) is 22.7 Å². The first-order valence-electron chi connectivity index (χ1n) is 11.2. The topological polar surface area (TPSA) is 73.4 Å². The third kappa shape index (κ3) is 3.75. The number of fused-ring (bicyclic) bond motifs is 1. The minimum absolute atomic E-state index is 0.0884. The van der Waals surface area contributed by atoms with E-state index in [1.807, 2.05) is 29.7 Å². The Hall–Kier alpha value is -3.68. The zero-order valence-electron chi connectivity index (χ0n) is 18.7. The van der Waals surface area contributed by atoms with E-state index in [1.165, 1.54) is 6.07 Å². The van der Waals surface area contributed by atoms with Crippen molar-refractivity contribution in [3.8, 4) is 28.6 Å². The van der Waals surface area contributed by atoms with Crippen LogP contribution in [0.25, 0.3) is 33.7 Å². The second kappa shape index (κ2) is 8.69. The van der Waals surface area contributed by atoms with Crippen LogP contribution in [-0.4, -0.2) is 34.9 Å². The summed E-state index contributed by atoms with van der Waals surface area (Å²) >= 11 is 0. The van der Waals surface area contributed by atoms with E-state index in [9.17, 15) is 4.79 Å². The maximum atomic E-state index is 15.1. The molecule has 1 fully saturated rings. The summed E-state index contributed by atoms with van der Waals surface area (Å²) in [6, 6.07) is 10.4. The van der Waals surface area contributed by atoms with Crippen molar-refractivity contribution >= 4 is 16.6 Å². The van der Waals surface area contributed by atoms with Gasteiger partial charge < -0.3 is 18.7 Å². The number of pyridine rings is 1. The molecule has 2 aromatic carbocycles. The molecule has 8 heteroatoms. The van der Waals surface area contributed by atoms with Crippen LogP contribution in [-0.2, 0) is 6.54 Å². The molecule has 0 atom stereocenters. The summed E-state index contributed by atoms with van der Waals surface area (Å²) in [5, 5.41) is 4.34. The predicted molar refractivity (Wildman–Crippen MR) is 125 cm³/mol. The molecule has 0 saturated carbocycles. The molecule has 1 aliphatic heterocycles. The Bertz CT molecular complexity index is 1370. The standard InChI is InChI=1S/C25H25FN4O3/c1-3-29-15-18(25-27-24(28-33-25)16-9-5-6-10-22(16)32-2)23(31)17-13-19(26)21(14-20(17)29)30-11-7-4-8-12-30/h5-6,9-10,13-15H,3-4,7-8,11-12H2,1-2H3. The summed E-state index contributed by atoms with van der Waals surface area (Å²) in [5.41, 5.74) is 1.80. The fourth-order valence-corrected chi connectivity index (χ4v) is 4.46. The minimum Gasteiger partial charge on any atom is -0.496 e. The monoisotopic (exact) mass is 448 g/mol. The number of halogens is 1. The number of para-hydroxylation sites is 1. The Kier molecular flexibility index (Phi) is 5.58. The molecule has 0 radical (unpaired) electrons. The van der Waals surface area contributed by atoms with Crippen molar-refractivity contribution < 1.29 is 13.7 Å². The summed E-state index contributed by atoms with van der Waals surface area (Å²) < 4.78 is 27.9. The molecule has 0 amide bonds. The fourth-order valence-electron chi connectivity index (χ4n) is 4.46. The molecule has 33 heavy (non-hydrogen) atoms. The third-order valence-electron chi connectivity index (χ3n) is 6.19. The molecule has 0 N–H and O–H groups in total. The number of anilines is 1. The van der Waals surface area contributed by atoms with E-state index in [0.29, 0.717) is 40.3 Å². The lowest BCUT2D eigenvalue weighted by Gasteiger charge is -2.29. The maximum Gasteiger partial charge on any atom is 0.263 e. The molecule has 5 rings (SSSR count). The number of hydrogen-bond donors (Lipinski definition) is 0. The van der Waals surface area contributed by atoms with Crippen LogP contribution in [0.5, 0.6) is 5.75 Å². The highest BCUT2D eigenvalue weighted by Crippen LogP contribution is 2.31. The maximum absolute atomic E-state index is 15.1. The number of benzene rings is 2. The van der Waals surface area contributed by atoms with Crippen LogP contribution in [0.2, 0.25) is 0 Å². The SMILES string of the molecule is CCn1cc(-c2nc(-c3ccccc3OC)no2)c(=O)c2cc(F)c(N3CCCCC3)cc21. The van der Waals surface area contributed by atoms with Crippen molar-refractivity contribution in [2.24, 2.45) is 0 Å². The normalized spacial score (nSPS) is 14.1. The van der Waals surface area contributed by atoms with Gasteiger partial charge in [0, 0.05) is 31.2 Å². The van der Waals surface area contributed by atoms with Gasteiger partial charge in [-0.05, 0) is 50.5 Å². The lowest BCUT2D eigenvalue weighted by molar-refractivity contribution is 0.413. The molecule has 2 aromatic heterocycles. The molecule has 0 unspecified atom stereocenters. The summed E-state index contributed by atoms with van der Waals surface area (Å²) in [6.07, 6.45) is 4.96. The fraction of sp³-hybridized carbons (Fsp3) is 0.320. The van der Waals surface area contributed by atoms with Gasteiger partial charge in [-0.1, -0.05) is 17.3 Å². The molecule has 0 spiro atoms. The lowest BCUT2D eigenvalue weighted by Crippen LogP contribution is -2.30. The van der Waals surface area contributed by atoms with E-state index < -0.39 is 0 Å². The molecular weight excluding hydrogens is 423 g/mol. The summed E-state index contributed by atoms with van der Waals surface area (Å²) in [6.45, 7) is 4.23. The molecule has 170 valence electrons. The smallest absolute Gasteiger partial charge is 0.263 e. The summed E-state index contributed by atoms with van der Waals surface area (Å²) in [5.74, 6) is 0.616. The van der Waals surface area contributed by atoms with Gasteiger partial charge in [0.2, 0.25) is 11.3 Å². The average molecular weight is 448 g/mol. The van der Waals surface area contributed by atoms with Crippen molar-refractivity contribution in [3.63, 3.8) is 0 Å². The first-order valence-corrected chi connectivity index (χ1v) is 11.2. The van der Waals surface area contributed by atoms with Crippen molar-refractivity contribution in [1.29, 1.82) is 0 Å². The number of aromatic nitrogens is 3. The highest BCUT2D eigenvalue weighted by Gasteiger charge is 2.22. The van der Waals surface area contributed by atoms with Gasteiger partial charge in [0.25, 0.3) is 5.89 Å². The van der Waals surface area contributed by atoms with Crippen LogP contribution in [0.3, 0.4) is 0 Å². The van der Waals surface area contributed by atoms with Gasteiger partial charge in [0.15, 0.2) is 0 Å². The Labute approximate surface area is 190 Å². The van der Waals surface area contributed by atoms with E-state index in [0.717, 1.165) is 32.4 Å². The van der Waals surface area contributed by atoms with Crippen molar-refractivity contribution in [2.45, 2.75) is 32.7 Å². The van der Waals surface area contributed by atoms with E-state index in [1.54, 1.807) is 25.4 Å². The average Bonchev–Trinajstić information content (AvgIpc) is 3.34. The van der Waals surface area contributed by atoms with Gasteiger partial charge >= 0.3 is 0 Å². The zero-order chi connectivity index (χ0) is 22.9. The van der Waals surface area contributed by atoms with Crippen LogP contribution >= 0.6 is 0 Å². The van der Waals surface area contributed by atoms with Gasteiger partial charge in [-0.15, -0.1) is 0 Å². The number of hydrogen-bond acceptors (Lipinski definition) is 6. The van der Waals surface area contributed by atoms with Crippen LogP contribution in [0.15, 0.2) is 51.9 Å². The Morgan fingerprint density at radius 2 is 1.91 bits per heavy atom. The molecule has 3 heterocycles. The molecule has 1 aliphatic rings. The molecule has 0 aliphatic carbocycles. The van der Waals surface area contributed by atoms with Crippen LogP contribution in [0.1, 0.15) is 26.2 Å². The highest BCUT2D eigenvalue weighted by atomic mass is 19.1. The molecule has 7 nitrogen and oxygen atoms in total. The van der Waals surface area contributed by atoms with E-state index >= 15 is 4.39 Å². The van der Waals surface area contributed by atoms with Gasteiger partial charge in [-0.3, -0.25) is 4.79 Å². The first-order chi connectivity index (χ1) is 16.1. The Morgan fingerprint density at radius 1 is 1.12 bits per heavy atom. The summed E-state index contributed by atoms with van der Waals surface area (Å²) in [4.78, 5) is 19.9. The molecular formula is C25H25FN4O3. The van der Waals surface area contributed by atoms with Gasteiger partial charge in [-0.2, -0.15) is 4.98 Å². The number of rotatable bonds is 5. The minimum atomic E-state index is -0.387. The van der Waals surface area contributed by atoms with Crippen LogP contribution < -0.4 is 15.1 Å². The lowest BCUT2D eigenvalue weighted by atomic mass is 10.1. The van der Waals surface area contributed by atoms with E-state index in [2.05, 4.69) is 15.0 Å². The first kappa shape index (κ1) is 21.2. The number of nitrogens with zero attached hydrogens (tertiary/aromatic N) is 4. The number of aryl methyl sites for hydroxylation is 1. The van der Waals surface area contributed by atoms with E-state index in [4.69, 9.17) is 9.26 Å². The van der Waals surface area contributed by atoms with Crippen molar-refractivity contribution in [2.75, 3.05) is 25.1 Å². The molecule has 1 saturated heterocycles. The zero-order valence-corrected chi connectivity index (χ0v) is 18.7. The van der Waals surface area contributed by atoms with Crippen molar-refractivity contribution in [1.82, 2.24) is 14.7 Å². The van der Waals surface area contributed by atoms with Gasteiger partial charge in [0.1, 0.15) is 17.1 Å². The Balaban J connectivity index is 1.62. The second-order valence-corrected chi connectivity index (χ2v) is 8.15. The van der Waals surface area contributed by atoms with Crippen molar-refractivity contribution in [3.05, 3.63) is 58.6 Å². The highest BCUT2D eigenvalue weighted by molar-refractivity contribution is 5.86. The number of ether oxygens (including phenoxy) is 1. The summed E-state index contributed by atoms with van der Waals surface area (Å²) in [7, 11) is 1.57. The quantitative estimate of drug-likeness (QED) is 0.433. The van der Waals surface area contributed by atoms with Crippen LogP contribution in [0.4, 0.5) is 10.1 Å². The largest absolute Gasteiger partial charge is 0.496 e. The third-order valence-corrected chi connectivity index (χ3v) is 6.19.